The van der Waals surface area contributed by atoms with Crippen LogP contribution in [0.2, 0.25) is 0 Å². The number of aliphatic hydroxyl groups excluding tert-OH is 1. The Hall–Kier alpha value is -1.95. The third-order valence-corrected chi connectivity index (χ3v) is 3.13. The first-order chi connectivity index (χ1) is 9.06. The lowest BCUT2D eigenvalue weighted by atomic mass is 10.1. The first kappa shape index (κ1) is 13.5. The van der Waals surface area contributed by atoms with Crippen LogP contribution in [0.4, 0.5) is 0 Å². The Bertz CT molecular complexity index is 643. The Morgan fingerprint density at radius 2 is 2.11 bits per heavy atom. The van der Waals surface area contributed by atoms with E-state index in [9.17, 15) is 4.79 Å². The summed E-state index contributed by atoms with van der Waals surface area (Å²) in [4.78, 5) is 11.5. The number of aryl methyl sites for hydroxylation is 3. The van der Waals surface area contributed by atoms with Crippen LogP contribution in [0.3, 0.4) is 0 Å². The minimum absolute atomic E-state index is 0.151. The van der Waals surface area contributed by atoms with E-state index in [-0.39, 0.29) is 17.7 Å². The molecule has 0 unspecified atom stereocenters. The summed E-state index contributed by atoms with van der Waals surface area (Å²) in [5, 5.41) is 17.3. The molecule has 102 valence electrons. The molecule has 0 atom stereocenters. The van der Waals surface area contributed by atoms with Crippen LogP contribution in [0.1, 0.15) is 35.3 Å². The smallest absolute Gasteiger partial charge is 0.206 e. The van der Waals surface area contributed by atoms with E-state index in [1.54, 1.807) is 4.68 Å². The van der Waals surface area contributed by atoms with Crippen molar-refractivity contribution in [3.05, 3.63) is 44.7 Å². The van der Waals surface area contributed by atoms with Crippen molar-refractivity contribution in [1.82, 2.24) is 14.9 Å². The van der Waals surface area contributed by atoms with Crippen LogP contribution >= 0.6 is 0 Å². The maximum absolute atomic E-state index is 11.5. The third-order valence-electron chi connectivity index (χ3n) is 3.13. The van der Waals surface area contributed by atoms with Crippen LogP contribution in [0.5, 0.6) is 0 Å². The molecule has 0 radical (unpaired) electrons. The molecule has 0 aliphatic heterocycles. The van der Waals surface area contributed by atoms with E-state index in [1.807, 2.05) is 20.8 Å². The topological polar surface area (TPSA) is 81.2 Å². The monoisotopic (exact) mass is 263 g/mol. The van der Waals surface area contributed by atoms with Crippen molar-refractivity contribution in [1.29, 1.82) is 0 Å². The number of aliphatic hydroxyl groups is 1. The van der Waals surface area contributed by atoms with Gasteiger partial charge in [0.15, 0.2) is 0 Å². The maximum Gasteiger partial charge on any atom is 0.206 e. The standard InChI is InChI=1S/C13H17N3O3/c1-4-11-10(9(3)19-15-11)6-16-8(2)5-13(18)12(7-17)14-16/h5,17H,4,6-7H2,1-3H3. The minimum atomic E-state index is -0.359. The summed E-state index contributed by atoms with van der Waals surface area (Å²) in [6.07, 6.45) is 0.777. The molecule has 0 saturated carbocycles. The highest BCUT2D eigenvalue weighted by Gasteiger charge is 2.13. The lowest BCUT2D eigenvalue weighted by Crippen LogP contribution is -2.20. The molecule has 0 aliphatic carbocycles. The van der Waals surface area contributed by atoms with E-state index in [0.717, 1.165) is 29.1 Å². The molecule has 6 nitrogen and oxygen atoms in total. The van der Waals surface area contributed by atoms with Gasteiger partial charge in [-0.3, -0.25) is 9.48 Å². The molecule has 0 amide bonds. The molecule has 2 rings (SSSR count). The van der Waals surface area contributed by atoms with Gasteiger partial charge >= 0.3 is 0 Å². The Labute approximate surface area is 110 Å². The zero-order chi connectivity index (χ0) is 14.0. The molecule has 2 heterocycles. The molecule has 2 aromatic rings. The average Bonchev–Trinajstić information content (AvgIpc) is 2.73. The zero-order valence-electron chi connectivity index (χ0n) is 11.3. The summed E-state index contributed by atoms with van der Waals surface area (Å²) in [6.45, 7) is 5.79. The van der Waals surface area contributed by atoms with E-state index in [2.05, 4.69) is 10.3 Å². The van der Waals surface area contributed by atoms with Crippen LogP contribution in [0, 0.1) is 13.8 Å². The van der Waals surface area contributed by atoms with Crippen LogP contribution < -0.4 is 5.43 Å². The number of nitrogens with zero attached hydrogens (tertiary/aromatic N) is 3. The predicted octanol–water partition coefficient (Wildman–Crippen LogP) is 0.951. The van der Waals surface area contributed by atoms with Crippen molar-refractivity contribution < 1.29 is 9.63 Å². The maximum atomic E-state index is 11.5. The molecule has 0 aromatic carbocycles. The average molecular weight is 263 g/mol. The van der Waals surface area contributed by atoms with Crippen molar-refractivity contribution in [2.75, 3.05) is 0 Å². The van der Waals surface area contributed by atoms with E-state index in [1.165, 1.54) is 6.07 Å². The molecule has 0 spiro atoms. The van der Waals surface area contributed by atoms with Gasteiger partial charge in [0.2, 0.25) is 5.43 Å². The number of hydrogen-bond donors (Lipinski definition) is 1. The van der Waals surface area contributed by atoms with Gasteiger partial charge in [0, 0.05) is 17.3 Å². The van der Waals surface area contributed by atoms with Gasteiger partial charge in [-0.05, 0) is 20.3 Å². The Balaban J connectivity index is 2.43. The minimum Gasteiger partial charge on any atom is -0.390 e. The molecule has 6 heteroatoms. The Morgan fingerprint density at radius 3 is 2.74 bits per heavy atom. The molecule has 0 aliphatic rings. The molecule has 2 aromatic heterocycles. The predicted molar refractivity (Wildman–Crippen MR) is 68.9 cm³/mol. The molecule has 0 bridgehead atoms. The van der Waals surface area contributed by atoms with Crippen molar-refractivity contribution in [2.24, 2.45) is 0 Å². The highest BCUT2D eigenvalue weighted by Crippen LogP contribution is 2.15. The highest BCUT2D eigenvalue weighted by molar-refractivity contribution is 5.23. The molecule has 19 heavy (non-hydrogen) atoms. The summed E-state index contributed by atoms with van der Waals surface area (Å²) in [5.41, 5.74) is 2.52. The van der Waals surface area contributed by atoms with Gasteiger partial charge in [-0.2, -0.15) is 5.10 Å². The van der Waals surface area contributed by atoms with Crippen molar-refractivity contribution in [2.45, 2.75) is 40.3 Å². The first-order valence-electron chi connectivity index (χ1n) is 6.19. The fourth-order valence-corrected chi connectivity index (χ4v) is 1.96. The highest BCUT2D eigenvalue weighted by atomic mass is 16.5. The molecular formula is C13H17N3O3. The third kappa shape index (κ3) is 2.58. The van der Waals surface area contributed by atoms with Crippen molar-refractivity contribution in [3.63, 3.8) is 0 Å². The second-order valence-corrected chi connectivity index (χ2v) is 4.43. The Kier molecular flexibility index (Phi) is 3.80. The molecule has 1 N–H and O–H groups in total. The van der Waals surface area contributed by atoms with Crippen LogP contribution in [0.15, 0.2) is 15.4 Å². The fraction of sp³-hybridized carbons (Fsp3) is 0.462. The van der Waals surface area contributed by atoms with Gasteiger partial charge in [-0.1, -0.05) is 12.1 Å². The number of rotatable bonds is 4. The van der Waals surface area contributed by atoms with Crippen LogP contribution in [-0.4, -0.2) is 20.0 Å². The zero-order valence-corrected chi connectivity index (χ0v) is 11.3. The number of hydrogen-bond acceptors (Lipinski definition) is 5. The van der Waals surface area contributed by atoms with Gasteiger partial charge < -0.3 is 9.63 Å². The van der Waals surface area contributed by atoms with Crippen molar-refractivity contribution >= 4 is 0 Å². The fourth-order valence-electron chi connectivity index (χ4n) is 1.96. The normalized spacial score (nSPS) is 10.9. The second kappa shape index (κ2) is 5.36. The Morgan fingerprint density at radius 1 is 1.37 bits per heavy atom. The second-order valence-electron chi connectivity index (χ2n) is 4.43. The van der Waals surface area contributed by atoms with E-state index >= 15 is 0 Å². The van der Waals surface area contributed by atoms with E-state index < -0.39 is 0 Å². The summed E-state index contributed by atoms with van der Waals surface area (Å²) in [5.74, 6) is 0.752. The van der Waals surface area contributed by atoms with Gasteiger partial charge in [-0.25, -0.2) is 0 Å². The van der Waals surface area contributed by atoms with Gasteiger partial charge in [0.25, 0.3) is 0 Å². The molecule has 0 saturated heterocycles. The molecular weight excluding hydrogens is 246 g/mol. The SMILES string of the molecule is CCc1noc(C)c1Cn1nc(CO)c(=O)cc1C. The first-order valence-corrected chi connectivity index (χ1v) is 6.19. The van der Waals surface area contributed by atoms with Gasteiger partial charge in [-0.15, -0.1) is 0 Å². The van der Waals surface area contributed by atoms with E-state index in [4.69, 9.17) is 9.63 Å². The summed E-state index contributed by atoms with van der Waals surface area (Å²) < 4.78 is 6.86. The van der Waals surface area contributed by atoms with Gasteiger partial charge in [0.05, 0.1) is 18.8 Å². The van der Waals surface area contributed by atoms with Crippen LogP contribution in [0.25, 0.3) is 0 Å². The summed E-state index contributed by atoms with van der Waals surface area (Å²) in [7, 11) is 0. The van der Waals surface area contributed by atoms with Crippen LogP contribution in [-0.2, 0) is 19.6 Å². The lowest BCUT2D eigenvalue weighted by molar-refractivity contribution is 0.271. The summed E-state index contributed by atoms with van der Waals surface area (Å²) in [6, 6.07) is 1.48. The summed E-state index contributed by atoms with van der Waals surface area (Å²) >= 11 is 0. The van der Waals surface area contributed by atoms with E-state index in [0.29, 0.717) is 6.54 Å². The quantitative estimate of drug-likeness (QED) is 0.888. The lowest BCUT2D eigenvalue weighted by Gasteiger charge is -2.10. The molecule has 0 fully saturated rings. The number of aromatic nitrogens is 3. The largest absolute Gasteiger partial charge is 0.390 e. The van der Waals surface area contributed by atoms with Gasteiger partial charge in [0.1, 0.15) is 11.5 Å². The van der Waals surface area contributed by atoms with Crippen molar-refractivity contribution in [3.8, 4) is 0 Å².